The Bertz CT molecular complexity index is 1030. The van der Waals surface area contributed by atoms with Crippen LogP contribution in [0.4, 0.5) is 0 Å². The molecule has 0 aliphatic heterocycles. The van der Waals surface area contributed by atoms with Crippen molar-refractivity contribution in [3.05, 3.63) is 60.4 Å². The molecule has 0 amide bonds. The SMILES string of the molecule is C#C.CC(C)(C)OC=O.CNCCCN(OC1CCCC1)Sc1ccc2nc[nH]c2c1.Cc1ccccc1. The van der Waals surface area contributed by atoms with E-state index in [9.17, 15) is 4.79 Å². The molecule has 1 aliphatic rings. The second-order valence-corrected chi connectivity index (χ2v) is 10.7. The predicted molar refractivity (Wildman–Crippen MR) is 159 cm³/mol. The zero-order valence-corrected chi connectivity index (χ0v) is 24.3. The summed E-state index contributed by atoms with van der Waals surface area (Å²) in [5.41, 5.74) is 3.08. The maximum absolute atomic E-state index is 9.60. The summed E-state index contributed by atoms with van der Waals surface area (Å²) in [5.74, 6) is 0. The summed E-state index contributed by atoms with van der Waals surface area (Å²) in [6, 6.07) is 16.6. The molecule has 3 aromatic rings. The van der Waals surface area contributed by atoms with E-state index in [0.717, 1.165) is 30.5 Å². The zero-order valence-electron chi connectivity index (χ0n) is 23.5. The summed E-state index contributed by atoms with van der Waals surface area (Å²) in [4.78, 5) is 24.4. The van der Waals surface area contributed by atoms with E-state index in [-0.39, 0.29) is 5.60 Å². The average Bonchev–Trinajstić information content (AvgIpc) is 3.58. The Labute approximate surface area is 233 Å². The summed E-state index contributed by atoms with van der Waals surface area (Å²) >= 11 is 1.68. The summed E-state index contributed by atoms with van der Waals surface area (Å²) in [5, 5.41) is 3.20. The number of hydrogen-bond donors (Lipinski definition) is 2. The minimum Gasteiger partial charge on any atom is -0.462 e. The Hall–Kier alpha value is -2.83. The molecule has 8 heteroatoms. The van der Waals surface area contributed by atoms with Crippen LogP contribution in [0.15, 0.2) is 59.8 Å². The predicted octanol–water partition coefficient (Wildman–Crippen LogP) is 6.56. The highest BCUT2D eigenvalue weighted by Crippen LogP contribution is 2.29. The Morgan fingerprint density at radius 3 is 2.37 bits per heavy atom. The summed E-state index contributed by atoms with van der Waals surface area (Å²) in [6.45, 7) is 9.93. The van der Waals surface area contributed by atoms with Crippen molar-refractivity contribution in [1.29, 1.82) is 0 Å². The van der Waals surface area contributed by atoms with Gasteiger partial charge in [-0.1, -0.05) is 48.7 Å². The van der Waals surface area contributed by atoms with Crippen LogP contribution in [-0.4, -0.2) is 52.8 Å². The standard InChI is InChI=1S/C16H24N4OS.C7H8.C5H10O2.C2H2/c1-17-9-4-10-20(21-13-5-2-3-6-13)22-14-7-8-15-16(11-14)19-12-18-15;1-7-5-3-2-4-6-7;1-5(2,3)7-4-6;1-2/h7-8,11-13,17H,2-6,9-10H2,1H3,(H,18,19);2-6H,1H3;4H,1-3H3;1-2H. The van der Waals surface area contributed by atoms with Crippen molar-refractivity contribution in [1.82, 2.24) is 19.8 Å². The van der Waals surface area contributed by atoms with E-state index in [1.165, 1.54) is 36.1 Å². The second-order valence-electron chi connectivity index (χ2n) is 9.68. The van der Waals surface area contributed by atoms with Crippen LogP contribution in [-0.2, 0) is 14.4 Å². The molecule has 0 spiro atoms. The molecule has 2 N–H and O–H groups in total. The van der Waals surface area contributed by atoms with Crippen LogP contribution in [0, 0.1) is 19.8 Å². The number of terminal acetylenes is 1. The van der Waals surface area contributed by atoms with Gasteiger partial charge in [0.2, 0.25) is 0 Å². The Balaban J connectivity index is 0.000000370. The van der Waals surface area contributed by atoms with Gasteiger partial charge in [0.1, 0.15) is 5.60 Å². The van der Waals surface area contributed by atoms with E-state index in [0.29, 0.717) is 12.6 Å². The number of H-pyrrole nitrogens is 1. The van der Waals surface area contributed by atoms with Crippen molar-refractivity contribution in [3.8, 4) is 12.8 Å². The van der Waals surface area contributed by atoms with Gasteiger partial charge in [-0.15, -0.1) is 17.3 Å². The van der Waals surface area contributed by atoms with Crippen LogP contribution in [0.25, 0.3) is 11.0 Å². The van der Waals surface area contributed by atoms with E-state index >= 15 is 0 Å². The largest absolute Gasteiger partial charge is 0.462 e. The van der Waals surface area contributed by atoms with E-state index in [2.05, 4.69) is 74.6 Å². The minimum absolute atomic E-state index is 0.318. The first-order valence-electron chi connectivity index (χ1n) is 13.0. The molecule has 208 valence electrons. The first-order chi connectivity index (χ1) is 18.3. The van der Waals surface area contributed by atoms with Gasteiger partial charge in [0.15, 0.2) is 0 Å². The first kappa shape index (κ1) is 33.2. The molecule has 7 nitrogen and oxygen atoms in total. The molecular formula is C30H44N4O3S. The number of aryl methyl sites for hydroxylation is 1. The van der Waals surface area contributed by atoms with Crippen LogP contribution in [0.3, 0.4) is 0 Å². The number of carbonyl (C=O) groups is 1. The highest BCUT2D eigenvalue weighted by molar-refractivity contribution is 7.97. The summed E-state index contributed by atoms with van der Waals surface area (Å²) in [7, 11) is 1.99. The third kappa shape index (κ3) is 14.8. The molecule has 1 heterocycles. The monoisotopic (exact) mass is 540 g/mol. The second kappa shape index (κ2) is 19.3. The normalized spacial score (nSPS) is 12.9. The maximum Gasteiger partial charge on any atom is 0.293 e. The van der Waals surface area contributed by atoms with Gasteiger partial charge in [-0.2, -0.15) is 0 Å². The lowest BCUT2D eigenvalue weighted by atomic mass is 10.2. The minimum atomic E-state index is -0.318. The maximum atomic E-state index is 9.60. The molecule has 1 fully saturated rings. The highest BCUT2D eigenvalue weighted by atomic mass is 32.2. The Morgan fingerprint density at radius 1 is 1.16 bits per heavy atom. The fourth-order valence-electron chi connectivity index (χ4n) is 3.43. The number of fused-ring (bicyclic) bond motifs is 1. The number of hydroxylamine groups is 1. The van der Waals surface area contributed by atoms with Crippen LogP contribution < -0.4 is 5.32 Å². The van der Waals surface area contributed by atoms with Crippen LogP contribution in [0.1, 0.15) is 58.4 Å². The van der Waals surface area contributed by atoms with Crippen LogP contribution >= 0.6 is 11.9 Å². The molecule has 1 aliphatic carbocycles. The molecular weight excluding hydrogens is 496 g/mol. The van der Waals surface area contributed by atoms with Crippen molar-refractivity contribution in [2.24, 2.45) is 0 Å². The Kier molecular flexibility index (Phi) is 16.8. The van der Waals surface area contributed by atoms with Crippen molar-refractivity contribution in [3.63, 3.8) is 0 Å². The van der Waals surface area contributed by atoms with Gasteiger partial charge < -0.3 is 15.0 Å². The fourth-order valence-corrected chi connectivity index (χ4v) is 4.35. The van der Waals surface area contributed by atoms with E-state index < -0.39 is 0 Å². The molecule has 0 radical (unpaired) electrons. The summed E-state index contributed by atoms with van der Waals surface area (Å²) < 4.78 is 6.61. The number of nitrogens with zero attached hydrogens (tertiary/aromatic N) is 2. The van der Waals surface area contributed by atoms with Crippen molar-refractivity contribution in [2.45, 2.75) is 76.4 Å². The highest BCUT2D eigenvalue weighted by Gasteiger charge is 2.20. The van der Waals surface area contributed by atoms with Gasteiger partial charge in [-0.25, -0.2) is 4.98 Å². The number of ether oxygens (including phenoxy) is 1. The lowest BCUT2D eigenvalue weighted by Crippen LogP contribution is -2.25. The van der Waals surface area contributed by atoms with E-state index in [1.54, 1.807) is 18.3 Å². The zero-order chi connectivity index (χ0) is 28.2. The number of benzene rings is 2. The summed E-state index contributed by atoms with van der Waals surface area (Å²) in [6.07, 6.45) is 16.1. The van der Waals surface area contributed by atoms with Crippen molar-refractivity contribution >= 4 is 29.5 Å². The van der Waals surface area contributed by atoms with E-state index in [1.807, 2.05) is 46.0 Å². The molecule has 0 unspecified atom stereocenters. The van der Waals surface area contributed by atoms with Crippen molar-refractivity contribution < 1.29 is 14.4 Å². The van der Waals surface area contributed by atoms with E-state index in [4.69, 9.17) is 4.84 Å². The quantitative estimate of drug-likeness (QED) is 0.105. The van der Waals surface area contributed by atoms with Gasteiger partial charge in [-0.05, 0) is 90.7 Å². The molecule has 4 rings (SSSR count). The Morgan fingerprint density at radius 2 is 1.84 bits per heavy atom. The third-order valence-electron chi connectivity index (χ3n) is 5.28. The smallest absolute Gasteiger partial charge is 0.293 e. The third-order valence-corrected chi connectivity index (χ3v) is 6.21. The van der Waals surface area contributed by atoms with Gasteiger partial charge in [-0.3, -0.25) is 9.63 Å². The number of carbonyl (C=O) groups excluding carboxylic acids is 1. The average molecular weight is 541 g/mol. The van der Waals surface area contributed by atoms with Crippen LogP contribution in [0.5, 0.6) is 0 Å². The number of aromatic amines is 1. The molecule has 0 bridgehead atoms. The van der Waals surface area contributed by atoms with Crippen molar-refractivity contribution in [2.75, 3.05) is 20.1 Å². The molecule has 1 aromatic heterocycles. The molecule has 0 atom stereocenters. The van der Waals surface area contributed by atoms with Gasteiger partial charge in [0, 0.05) is 11.4 Å². The number of imidazole rings is 1. The molecule has 1 saturated carbocycles. The lowest BCUT2D eigenvalue weighted by Gasteiger charge is -2.24. The molecule has 2 aromatic carbocycles. The number of nitrogens with one attached hydrogen (secondary N) is 2. The van der Waals surface area contributed by atoms with Gasteiger partial charge >= 0.3 is 0 Å². The van der Waals surface area contributed by atoms with Gasteiger partial charge in [0.05, 0.1) is 23.5 Å². The topological polar surface area (TPSA) is 79.5 Å². The first-order valence-corrected chi connectivity index (χ1v) is 13.7. The number of rotatable bonds is 9. The number of aromatic nitrogens is 2. The fraction of sp³-hybridized carbons (Fsp3) is 0.467. The van der Waals surface area contributed by atoms with Crippen LogP contribution in [0.2, 0.25) is 0 Å². The van der Waals surface area contributed by atoms with Gasteiger partial charge in [0.25, 0.3) is 6.47 Å². The molecule has 38 heavy (non-hydrogen) atoms. The molecule has 0 saturated heterocycles. The lowest BCUT2D eigenvalue weighted by molar-refractivity contribution is -0.138. The number of hydrogen-bond acceptors (Lipinski definition) is 7.